The van der Waals surface area contributed by atoms with Crippen LogP contribution >= 0.6 is 0 Å². The maximum Gasteiger partial charge on any atom is 0.335 e. The van der Waals surface area contributed by atoms with Gasteiger partial charge in [-0.25, -0.2) is 23.2 Å². The normalized spacial score (nSPS) is 27.4. The summed E-state index contributed by atoms with van der Waals surface area (Å²) in [4.78, 5) is 20.4. The van der Waals surface area contributed by atoms with Crippen LogP contribution in [0.3, 0.4) is 0 Å². The summed E-state index contributed by atoms with van der Waals surface area (Å²) in [7, 11) is -2.54. The molecule has 0 aliphatic carbocycles. The summed E-state index contributed by atoms with van der Waals surface area (Å²) in [6, 6.07) is 8.74. The van der Waals surface area contributed by atoms with Gasteiger partial charge in [0.15, 0.2) is 11.9 Å². The third-order valence-electron chi connectivity index (χ3n) is 5.55. The minimum Gasteiger partial charge on any atom is -0.467 e. The van der Waals surface area contributed by atoms with Crippen molar-refractivity contribution in [1.82, 2.24) is 14.3 Å². The van der Waals surface area contributed by atoms with Crippen LogP contribution in [0.25, 0.3) is 11.4 Å². The smallest absolute Gasteiger partial charge is 0.335 e. The summed E-state index contributed by atoms with van der Waals surface area (Å²) >= 11 is 0. The molecule has 0 saturated carbocycles. The molecule has 2 fully saturated rings. The standard InChI is InChI=1S/C20H23N3O5S/c1-13-8-9-17-16(10-18(28-17)20(24)27-2)23(13)29(25,26)15-11-21-19(22-12-15)14-6-4-3-5-7-14/h3-7,11-13,16-18H,8-10H2,1-2H3/t13-,16-,17+,18+/m1/s1. The summed E-state index contributed by atoms with van der Waals surface area (Å²) < 4.78 is 38.8. The first-order valence-electron chi connectivity index (χ1n) is 9.56. The molecule has 4 atom stereocenters. The highest BCUT2D eigenvalue weighted by atomic mass is 32.2. The molecule has 1 aromatic heterocycles. The van der Waals surface area contributed by atoms with E-state index in [1.54, 1.807) is 0 Å². The Hall–Kier alpha value is -2.36. The van der Waals surface area contributed by atoms with Crippen molar-refractivity contribution in [3.05, 3.63) is 42.7 Å². The molecule has 0 unspecified atom stereocenters. The highest BCUT2D eigenvalue weighted by molar-refractivity contribution is 7.89. The number of rotatable bonds is 4. The number of carbonyl (C=O) groups is 1. The fraction of sp³-hybridized carbons (Fsp3) is 0.450. The van der Waals surface area contributed by atoms with E-state index in [1.165, 1.54) is 23.8 Å². The van der Waals surface area contributed by atoms with Crippen LogP contribution in [0.5, 0.6) is 0 Å². The Bertz CT molecular complexity index is 981. The quantitative estimate of drug-likeness (QED) is 0.702. The summed E-state index contributed by atoms with van der Waals surface area (Å²) in [5, 5.41) is 0. The number of ether oxygens (including phenoxy) is 2. The SMILES string of the molecule is COC(=O)[C@@H]1C[C@@H]2[C@H](CC[C@@H](C)N2S(=O)(=O)c2cnc(-c3ccccc3)nc2)O1. The fourth-order valence-corrected chi connectivity index (χ4v) is 5.89. The van der Waals surface area contributed by atoms with E-state index in [-0.39, 0.29) is 23.5 Å². The minimum absolute atomic E-state index is 0.0335. The van der Waals surface area contributed by atoms with Crippen LogP contribution in [0.15, 0.2) is 47.6 Å². The van der Waals surface area contributed by atoms with E-state index in [1.807, 2.05) is 37.3 Å². The van der Waals surface area contributed by atoms with E-state index in [0.717, 1.165) is 5.56 Å². The first-order valence-corrected chi connectivity index (χ1v) is 11.0. The van der Waals surface area contributed by atoms with Gasteiger partial charge in [0.05, 0.1) is 31.6 Å². The van der Waals surface area contributed by atoms with E-state index < -0.39 is 28.1 Å². The van der Waals surface area contributed by atoms with Crippen LogP contribution in [-0.2, 0) is 24.3 Å². The Kier molecular flexibility index (Phi) is 5.37. The zero-order valence-electron chi connectivity index (χ0n) is 16.3. The van der Waals surface area contributed by atoms with E-state index in [0.29, 0.717) is 18.7 Å². The van der Waals surface area contributed by atoms with Gasteiger partial charge in [-0.3, -0.25) is 0 Å². The lowest BCUT2D eigenvalue weighted by atomic mass is 9.95. The van der Waals surface area contributed by atoms with Gasteiger partial charge in [-0.1, -0.05) is 30.3 Å². The van der Waals surface area contributed by atoms with Crippen molar-refractivity contribution in [2.45, 2.75) is 55.4 Å². The van der Waals surface area contributed by atoms with E-state index >= 15 is 0 Å². The van der Waals surface area contributed by atoms with Gasteiger partial charge in [0.1, 0.15) is 4.90 Å². The lowest BCUT2D eigenvalue weighted by Gasteiger charge is -2.40. The van der Waals surface area contributed by atoms with Crippen LogP contribution in [-0.4, -0.2) is 60.1 Å². The number of benzene rings is 1. The molecule has 0 spiro atoms. The number of esters is 1. The lowest BCUT2D eigenvalue weighted by Crippen LogP contribution is -2.53. The average Bonchev–Trinajstić information content (AvgIpc) is 3.17. The topological polar surface area (TPSA) is 98.7 Å². The Labute approximate surface area is 169 Å². The molecule has 1 aromatic carbocycles. The number of sulfonamides is 1. The monoisotopic (exact) mass is 417 g/mol. The van der Waals surface area contributed by atoms with Gasteiger partial charge in [0.2, 0.25) is 10.0 Å². The molecule has 2 aromatic rings. The number of aromatic nitrogens is 2. The van der Waals surface area contributed by atoms with Gasteiger partial charge in [-0.05, 0) is 19.8 Å². The number of methoxy groups -OCH3 is 1. The predicted molar refractivity (Wildman–Crippen MR) is 104 cm³/mol. The van der Waals surface area contributed by atoms with Crippen LogP contribution in [0.1, 0.15) is 26.2 Å². The van der Waals surface area contributed by atoms with E-state index in [2.05, 4.69) is 9.97 Å². The van der Waals surface area contributed by atoms with Gasteiger partial charge in [-0.2, -0.15) is 4.31 Å². The Balaban J connectivity index is 1.62. The van der Waals surface area contributed by atoms with Gasteiger partial charge >= 0.3 is 5.97 Å². The summed E-state index contributed by atoms with van der Waals surface area (Å²) in [5.74, 6) is -0.0102. The molecule has 2 aliphatic heterocycles. The lowest BCUT2D eigenvalue weighted by molar-refractivity contribution is -0.153. The number of hydrogen-bond acceptors (Lipinski definition) is 7. The van der Waals surface area contributed by atoms with Crippen molar-refractivity contribution in [3.63, 3.8) is 0 Å². The number of carbonyl (C=O) groups excluding carboxylic acids is 1. The predicted octanol–water partition coefficient (Wildman–Crippen LogP) is 2.02. The van der Waals surface area contributed by atoms with Crippen LogP contribution < -0.4 is 0 Å². The van der Waals surface area contributed by atoms with E-state index in [4.69, 9.17) is 9.47 Å². The molecule has 3 heterocycles. The number of piperidine rings is 1. The van der Waals surface area contributed by atoms with Crippen LogP contribution in [0, 0.1) is 0 Å². The molecule has 0 bridgehead atoms. The van der Waals surface area contributed by atoms with E-state index in [9.17, 15) is 13.2 Å². The second kappa shape index (κ2) is 7.81. The largest absolute Gasteiger partial charge is 0.467 e. The molecule has 8 nitrogen and oxygen atoms in total. The van der Waals surface area contributed by atoms with Crippen molar-refractivity contribution in [1.29, 1.82) is 0 Å². The third kappa shape index (κ3) is 3.65. The van der Waals surface area contributed by atoms with Crippen molar-refractivity contribution < 1.29 is 22.7 Å². The second-order valence-electron chi connectivity index (χ2n) is 7.36. The van der Waals surface area contributed by atoms with Gasteiger partial charge in [0, 0.05) is 18.0 Å². The highest BCUT2D eigenvalue weighted by Crippen LogP contribution is 2.38. The summed E-state index contributed by atoms with van der Waals surface area (Å²) in [6.45, 7) is 1.87. The molecular weight excluding hydrogens is 394 g/mol. The summed E-state index contributed by atoms with van der Waals surface area (Å²) in [5.41, 5.74) is 0.813. The Morgan fingerprint density at radius 2 is 1.86 bits per heavy atom. The molecular formula is C20H23N3O5S. The van der Waals surface area contributed by atoms with Gasteiger partial charge < -0.3 is 9.47 Å². The maximum absolute atomic E-state index is 13.4. The van der Waals surface area contributed by atoms with Crippen LogP contribution in [0.4, 0.5) is 0 Å². The minimum atomic E-state index is -3.84. The number of nitrogens with zero attached hydrogens (tertiary/aromatic N) is 3. The third-order valence-corrected chi connectivity index (χ3v) is 7.55. The summed E-state index contributed by atoms with van der Waals surface area (Å²) in [6.07, 6.45) is 3.25. The van der Waals surface area contributed by atoms with Crippen molar-refractivity contribution in [3.8, 4) is 11.4 Å². The van der Waals surface area contributed by atoms with Gasteiger partial charge in [0.25, 0.3) is 0 Å². The highest BCUT2D eigenvalue weighted by Gasteiger charge is 2.50. The van der Waals surface area contributed by atoms with Crippen molar-refractivity contribution >= 4 is 16.0 Å². The maximum atomic E-state index is 13.4. The zero-order chi connectivity index (χ0) is 20.6. The molecule has 2 aliphatic rings. The number of hydrogen-bond donors (Lipinski definition) is 0. The van der Waals surface area contributed by atoms with Crippen molar-refractivity contribution in [2.75, 3.05) is 7.11 Å². The molecule has 4 rings (SSSR count). The second-order valence-corrected chi connectivity index (χ2v) is 9.20. The zero-order valence-corrected chi connectivity index (χ0v) is 17.1. The Morgan fingerprint density at radius 1 is 1.17 bits per heavy atom. The van der Waals surface area contributed by atoms with Crippen molar-refractivity contribution in [2.24, 2.45) is 0 Å². The van der Waals surface area contributed by atoms with Crippen LogP contribution in [0.2, 0.25) is 0 Å². The molecule has 0 N–H and O–H groups in total. The average molecular weight is 417 g/mol. The Morgan fingerprint density at radius 3 is 2.52 bits per heavy atom. The molecule has 0 amide bonds. The molecule has 9 heteroatoms. The fourth-order valence-electron chi connectivity index (χ4n) is 4.12. The molecule has 0 radical (unpaired) electrons. The van der Waals surface area contributed by atoms with Gasteiger partial charge in [-0.15, -0.1) is 0 Å². The first-order chi connectivity index (χ1) is 13.9. The molecule has 2 saturated heterocycles. The first kappa shape index (κ1) is 19.9. The molecule has 29 heavy (non-hydrogen) atoms. The number of fused-ring (bicyclic) bond motifs is 1. The molecule has 154 valence electrons.